The molecule has 3 heterocycles. The SMILES string of the molecule is O=c1[nH]c(-c2ccccn2)nc2scc(-c3ccc(Br)cc3)c12. The normalized spacial score (nSPS) is 11.0. The Morgan fingerprint density at radius 3 is 2.65 bits per heavy atom. The maximum absolute atomic E-state index is 12.6. The van der Waals surface area contributed by atoms with E-state index in [2.05, 4.69) is 30.9 Å². The van der Waals surface area contributed by atoms with Crippen LogP contribution in [0.4, 0.5) is 0 Å². The van der Waals surface area contributed by atoms with Gasteiger partial charge in [-0.3, -0.25) is 9.78 Å². The molecule has 4 aromatic rings. The molecular formula is C17H10BrN3OS. The summed E-state index contributed by atoms with van der Waals surface area (Å²) in [6.07, 6.45) is 1.68. The minimum Gasteiger partial charge on any atom is -0.305 e. The van der Waals surface area contributed by atoms with Gasteiger partial charge in [-0.15, -0.1) is 11.3 Å². The Balaban J connectivity index is 1.91. The molecule has 4 rings (SSSR count). The van der Waals surface area contributed by atoms with E-state index in [-0.39, 0.29) is 5.56 Å². The lowest BCUT2D eigenvalue weighted by molar-refractivity contribution is 1.15. The van der Waals surface area contributed by atoms with Gasteiger partial charge >= 0.3 is 0 Å². The fourth-order valence-electron chi connectivity index (χ4n) is 2.41. The van der Waals surface area contributed by atoms with Gasteiger partial charge in [0.05, 0.1) is 5.39 Å². The lowest BCUT2D eigenvalue weighted by Crippen LogP contribution is -2.09. The zero-order valence-corrected chi connectivity index (χ0v) is 14.2. The van der Waals surface area contributed by atoms with E-state index >= 15 is 0 Å². The number of halogens is 1. The molecule has 0 saturated heterocycles. The van der Waals surface area contributed by atoms with Gasteiger partial charge in [0.15, 0.2) is 5.82 Å². The van der Waals surface area contributed by atoms with Gasteiger partial charge in [-0.05, 0) is 29.8 Å². The van der Waals surface area contributed by atoms with Crippen molar-refractivity contribution in [3.63, 3.8) is 0 Å². The van der Waals surface area contributed by atoms with Gasteiger partial charge in [0.25, 0.3) is 5.56 Å². The number of hydrogen-bond donors (Lipinski definition) is 1. The molecule has 0 amide bonds. The monoisotopic (exact) mass is 383 g/mol. The fourth-order valence-corrected chi connectivity index (χ4v) is 3.63. The van der Waals surface area contributed by atoms with Crippen LogP contribution in [0.25, 0.3) is 32.9 Å². The predicted octanol–water partition coefficient (Wildman–Crippen LogP) is 4.48. The van der Waals surface area contributed by atoms with Crippen LogP contribution in [0, 0.1) is 0 Å². The van der Waals surface area contributed by atoms with E-state index in [1.165, 1.54) is 11.3 Å². The summed E-state index contributed by atoms with van der Waals surface area (Å²) >= 11 is 4.89. The van der Waals surface area contributed by atoms with Crippen molar-refractivity contribution in [3.05, 3.63) is 68.9 Å². The third-order valence-electron chi connectivity index (χ3n) is 3.51. The first-order chi connectivity index (χ1) is 11.2. The minimum absolute atomic E-state index is 0.144. The Bertz CT molecular complexity index is 1040. The van der Waals surface area contributed by atoms with Gasteiger partial charge in [-0.25, -0.2) is 4.98 Å². The molecule has 4 nitrogen and oxygen atoms in total. The van der Waals surface area contributed by atoms with E-state index in [4.69, 9.17) is 0 Å². The second kappa shape index (κ2) is 5.72. The molecule has 0 fully saturated rings. The van der Waals surface area contributed by atoms with Crippen molar-refractivity contribution in [2.75, 3.05) is 0 Å². The number of fused-ring (bicyclic) bond motifs is 1. The van der Waals surface area contributed by atoms with Crippen molar-refractivity contribution in [1.82, 2.24) is 15.0 Å². The molecule has 0 aliphatic rings. The molecule has 3 aromatic heterocycles. The molecule has 0 aliphatic carbocycles. The highest BCUT2D eigenvalue weighted by Crippen LogP contribution is 2.32. The van der Waals surface area contributed by atoms with Crippen LogP contribution in [0.2, 0.25) is 0 Å². The van der Waals surface area contributed by atoms with Gasteiger partial charge < -0.3 is 4.98 Å². The summed E-state index contributed by atoms with van der Waals surface area (Å²) in [5, 5.41) is 2.59. The molecule has 0 spiro atoms. The Kier molecular flexibility index (Phi) is 3.55. The maximum atomic E-state index is 12.6. The number of benzene rings is 1. The summed E-state index contributed by atoms with van der Waals surface area (Å²) < 4.78 is 1.00. The summed E-state index contributed by atoms with van der Waals surface area (Å²) in [5.41, 5.74) is 2.41. The number of nitrogens with one attached hydrogen (secondary N) is 1. The minimum atomic E-state index is -0.144. The summed E-state index contributed by atoms with van der Waals surface area (Å²) in [7, 11) is 0. The second-order valence-electron chi connectivity index (χ2n) is 4.97. The van der Waals surface area contributed by atoms with Crippen LogP contribution in [0.1, 0.15) is 0 Å². The number of thiophene rings is 1. The number of H-pyrrole nitrogens is 1. The van der Waals surface area contributed by atoms with Crippen LogP contribution in [0.5, 0.6) is 0 Å². The second-order valence-corrected chi connectivity index (χ2v) is 6.74. The highest BCUT2D eigenvalue weighted by atomic mass is 79.9. The van der Waals surface area contributed by atoms with Gasteiger partial charge in [-0.2, -0.15) is 0 Å². The predicted molar refractivity (Wildman–Crippen MR) is 96.6 cm³/mol. The van der Waals surface area contributed by atoms with Crippen LogP contribution in [-0.2, 0) is 0 Å². The van der Waals surface area contributed by atoms with Gasteiger partial charge in [0.1, 0.15) is 10.5 Å². The molecule has 1 aromatic carbocycles. The molecule has 0 saturated carbocycles. The molecule has 0 bridgehead atoms. The number of pyridine rings is 1. The van der Waals surface area contributed by atoms with E-state index in [0.717, 1.165) is 15.6 Å². The van der Waals surface area contributed by atoms with Crippen LogP contribution in [0.15, 0.2) is 63.3 Å². The van der Waals surface area contributed by atoms with Crippen LogP contribution < -0.4 is 5.56 Å². The first-order valence-electron chi connectivity index (χ1n) is 6.91. The third kappa shape index (κ3) is 2.60. The molecule has 112 valence electrons. The van der Waals surface area contributed by atoms with Crippen LogP contribution in [0.3, 0.4) is 0 Å². The average molecular weight is 384 g/mol. The van der Waals surface area contributed by atoms with Gasteiger partial charge in [0, 0.05) is 21.6 Å². The fraction of sp³-hybridized carbons (Fsp3) is 0. The van der Waals surface area contributed by atoms with Gasteiger partial charge in [0.2, 0.25) is 0 Å². The molecule has 0 unspecified atom stereocenters. The molecule has 6 heteroatoms. The van der Waals surface area contributed by atoms with E-state index in [9.17, 15) is 4.79 Å². The Morgan fingerprint density at radius 1 is 1.09 bits per heavy atom. The van der Waals surface area contributed by atoms with Crippen molar-refractivity contribution in [2.45, 2.75) is 0 Å². The first-order valence-corrected chi connectivity index (χ1v) is 8.58. The summed E-state index contributed by atoms with van der Waals surface area (Å²) in [6, 6.07) is 13.4. The molecule has 23 heavy (non-hydrogen) atoms. The Labute approximate surface area is 144 Å². The molecule has 1 N–H and O–H groups in total. The van der Waals surface area contributed by atoms with Crippen LogP contribution >= 0.6 is 27.3 Å². The third-order valence-corrected chi connectivity index (χ3v) is 4.91. The van der Waals surface area contributed by atoms with E-state index in [1.54, 1.807) is 6.20 Å². The van der Waals surface area contributed by atoms with E-state index < -0.39 is 0 Å². The topological polar surface area (TPSA) is 58.6 Å². The number of rotatable bonds is 2. The average Bonchev–Trinajstić information content (AvgIpc) is 3.01. The largest absolute Gasteiger partial charge is 0.305 e. The Morgan fingerprint density at radius 2 is 1.91 bits per heavy atom. The zero-order valence-electron chi connectivity index (χ0n) is 11.8. The summed E-state index contributed by atoms with van der Waals surface area (Å²) in [5.74, 6) is 0.493. The van der Waals surface area contributed by atoms with Crippen molar-refractivity contribution in [2.24, 2.45) is 0 Å². The lowest BCUT2D eigenvalue weighted by Gasteiger charge is -2.02. The Hall–Kier alpha value is -2.31. The number of nitrogens with zero attached hydrogens (tertiary/aromatic N) is 2. The molecule has 0 aliphatic heterocycles. The summed E-state index contributed by atoms with van der Waals surface area (Å²) in [4.78, 5) is 24.9. The quantitative estimate of drug-likeness (QED) is 0.555. The van der Waals surface area contributed by atoms with Crippen molar-refractivity contribution >= 4 is 37.5 Å². The molecule has 0 radical (unpaired) electrons. The number of aromatic nitrogens is 3. The molecular weight excluding hydrogens is 374 g/mol. The molecule has 0 atom stereocenters. The van der Waals surface area contributed by atoms with E-state index in [0.29, 0.717) is 21.7 Å². The highest BCUT2D eigenvalue weighted by molar-refractivity contribution is 9.10. The van der Waals surface area contributed by atoms with Gasteiger partial charge in [-0.1, -0.05) is 34.1 Å². The standard InChI is InChI=1S/C17H10BrN3OS/c18-11-6-4-10(5-7-11)12-9-23-17-14(12)16(22)20-15(21-17)13-3-1-2-8-19-13/h1-9H,(H,20,21,22). The van der Waals surface area contributed by atoms with E-state index in [1.807, 2.05) is 47.8 Å². The zero-order chi connectivity index (χ0) is 15.8. The number of aromatic amines is 1. The van der Waals surface area contributed by atoms with Crippen molar-refractivity contribution < 1.29 is 0 Å². The maximum Gasteiger partial charge on any atom is 0.260 e. The van der Waals surface area contributed by atoms with Crippen molar-refractivity contribution in [3.8, 4) is 22.6 Å². The highest BCUT2D eigenvalue weighted by Gasteiger charge is 2.13. The first kappa shape index (κ1) is 14.3. The summed E-state index contributed by atoms with van der Waals surface area (Å²) in [6.45, 7) is 0. The smallest absolute Gasteiger partial charge is 0.260 e. The van der Waals surface area contributed by atoms with Crippen LogP contribution in [-0.4, -0.2) is 15.0 Å². The lowest BCUT2D eigenvalue weighted by atomic mass is 10.1. The van der Waals surface area contributed by atoms with Crippen molar-refractivity contribution in [1.29, 1.82) is 0 Å². The number of hydrogen-bond acceptors (Lipinski definition) is 4.